The minimum Gasteiger partial charge on any atom is -0.375 e. The Morgan fingerprint density at radius 3 is 3.05 bits per heavy atom. The van der Waals surface area contributed by atoms with Gasteiger partial charge in [0.1, 0.15) is 5.60 Å². The Hall–Kier alpha value is -1.50. The van der Waals surface area contributed by atoms with Gasteiger partial charge in [-0.25, -0.2) is 0 Å². The molecule has 2 aliphatic heterocycles. The summed E-state index contributed by atoms with van der Waals surface area (Å²) in [4.78, 5) is 12.8. The normalized spacial score (nSPS) is 29.9. The van der Waals surface area contributed by atoms with Gasteiger partial charge in [0.2, 0.25) is 0 Å². The van der Waals surface area contributed by atoms with Gasteiger partial charge in [0.25, 0.3) is 5.69 Å². The lowest BCUT2D eigenvalue weighted by atomic mass is 9.94. The van der Waals surface area contributed by atoms with Crippen molar-refractivity contribution in [2.45, 2.75) is 31.6 Å². The zero-order valence-corrected chi connectivity index (χ0v) is 12.2. The first-order valence-electron chi connectivity index (χ1n) is 7.30. The largest absolute Gasteiger partial charge is 0.375 e. The topological polar surface area (TPSA) is 64.8 Å². The molecular formula is C15H20N2O4. The summed E-state index contributed by atoms with van der Waals surface area (Å²) in [6.45, 7) is 5.85. The van der Waals surface area contributed by atoms with Crippen molar-refractivity contribution in [1.82, 2.24) is 4.90 Å². The Bertz CT molecular complexity index is 536. The molecule has 114 valence electrons. The molecule has 21 heavy (non-hydrogen) atoms. The maximum Gasteiger partial charge on any atom is 0.269 e. The third kappa shape index (κ3) is 2.92. The van der Waals surface area contributed by atoms with Gasteiger partial charge in [-0.05, 0) is 12.5 Å². The Balaban J connectivity index is 1.70. The summed E-state index contributed by atoms with van der Waals surface area (Å²) in [7, 11) is 0. The van der Waals surface area contributed by atoms with Crippen LogP contribution in [0.3, 0.4) is 0 Å². The van der Waals surface area contributed by atoms with Crippen molar-refractivity contribution in [3.63, 3.8) is 0 Å². The lowest BCUT2D eigenvalue weighted by molar-refractivity contribution is -0.384. The van der Waals surface area contributed by atoms with Gasteiger partial charge in [-0.3, -0.25) is 15.0 Å². The van der Waals surface area contributed by atoms with Gasteiger partial charge >= 0.3 is 0 Å². The van der Waals surface area contributed by atoms with E-state index in [1.807, 2.05) is 6.07 Å². The summed E-state index contributed by atoms with van der Waals surface area (Å²) in [5.74, 6) is 0. The Morgan fingerprint density at radius 1 is 1.48 bits per heavy atom. The van der Waals surface area contributed by atoms with Gasteiger partial charge < -0.3 is 9.47 Å². The molecule has 1 aromatic carbocycles. The molecule has 1 aromatic rings. The molecule has 2 heterocycles. The molecule has 0 amide bonds. The lowest BCUT2D eigenvalue weighted by Gasteiger charge is -2.42. The number of nitrogens with zero attached hydrogens (tertiary/aromatic N) is 2. The molecule has 1 spiro atoms. The number of hydrogen-bond donors (Lipinski definition) is 0. The number of benzene rings is 1. The van der Waals surface area contributed by atoms with Gasteiger partial charge in [-0.15, -0.1) is 0 Å². The third-order valence-electron chi connectivity index (χ3n) is 4.45. The molecule has 2 fully saturated rings. The second kappa shape index (κ2) is 5.71. The van der Waals surface area contributed by atoms with E-state index < -0.39 is 0 Å². The van der Waals surface area contributed by atoms with Gasteiger partial charge in [0.05, 0.1) is 17.6 Å². The first-order chi connectivity index (χ1) is 10.1. The average Bonchev–Trinajstić information content (AvgIpc) is 2.80. The fraction of sp³-hybridized carbons (Fsp3) is 0.600. The fourth-order valence-electron chi connectivity index (χ4n) is 3.20. The van der Waals surface area contributed by atoms with Gasteiger partial charge in [0.15, 0.2) is 0 Å². The Kier molecular flexibility index (Phi) is 3.93. The minimum atomic E-state index is -0.350. The van der Waals surface area contributed by atoms with E-state index in [-0.39, 0.29) is 22.3 Å². The minimum absolute atomic E-state index is 0.102. The van der Waals surface area contributed by atoms with Crippen molar-refractivity contribution >= 4 is 5.69 Å². The molecule has 6 nitrogen and oxygen atoms in total. The van der Waals surface area contributed by atoms with Crippen LogP contribution in [0.4, 0.5) is 5.69 Å². The molecule has 0 bridgehead atoms. The third-order valence-corrected chi connectivity index (χ3v) is 4.45. The predicted molar refractivity (Wildman–Crippen MR) is 77.1 cm³/mol. The maximum atomic E-state index is 10.8. The zero-order valence-electron chi connectivity index (χ0n) is 12.2. The van der Waals surface area contributed by atoms with Gasteiger partial charge in [-0.2, -0.15) is 0 Å². The van der Waals surface area contributed by atoms with E-state index in [2.05, 4.69) is 11.8 Å². The summed E-state index contributed by atoms with van der Waals surface area (Å²) < 4.78 is 11.6. The van der Waals surface area contributed by atoms with Crippen molar-refractivity contribution in [3.8, 4) is 0 Å². The summed E-state index contributed by atoms with van der Waals surface area (Å²) >= 11 is 0. The number of nitro groups is 1. The molecule has 2 aliphatic rings. The van der Waals surface area contributed by atoms with Crippen LogP contribution in [0.25, 0.3) is 0 Å². The second-order valence-corrected chi connectivity index (χ2v) is 5.81. The molecule has 0 N–H and O–H groups in total. The maximum absolute atomic E-state index is 10.8. The smallest absolute Gasteiger partial charge is 0.269 e. The van der Waals surface area contributed by atoms with Crippen LogP contribution in [0.5, 0.6) is 0 Å². The molecule has 0 saturated carbocycles. The molecular weight excluding hydrogens is 272 g/mol. The highest BCUT2D eigenvalue weighted by molar-refractivity contribution is 5.34. The highest BCUT2D eigenvalue weighted by Gasteiger charge is 2.45. The van der Waals surface area contributed by atoms with Crippen LogP contribution >= 0.6 is 0 Å². The molecule has 0 aromatic heterocycles. The molecule has 2 unspecified atom stereocenters. The molecule has 3 rings (SSSR count). The van der Waals surface area contributed by atoms with Crippen molar-refractivity contribution < 1.29 is 14.4 Å². The van der Waals surface area contributed by atoms with E-state index in [0.717, 1.165) is 31.7 Å². The van der Waals surface area contributed by atoms with Crippen LogP contribution < -0.4 is 0 Å². The van der Waals surface area contributed by atoms with Crippen molar-refractivity contribution in [1.29, 1.82) is 0 Å². The van der Waals surface area contributed by atoms with E-state index in [4.69, 9.17) is 9.47 Å². The number of rotatable bonds is 3. The van der Waals surface area contributed by atoms with Crippen LogP contribution in [0.15, 0.2) is 24.3 Å². The van der Waals surface area contributed by atoms with Crippen molar-refractivity contribution in [2.24, 2.45) is 0 Å². The van der Waals surface area contributed by atoms with E-state index in [0.29, 0.717) is 13.2 Å². The van der Waals surface area contributed by atoms with Crippen LogP contribution in [-0.2, 0) is 16.0 Å². The highest BCUT2D eigenvalue weighted by atomic mass is 16.6. The van der Waals surface area contributed by atoms with Gasteiger partial charge in [0, 0.05) is 44.8 Å². The monoisotopic (exact) mass is 292 g/mol. The summed E-state index contributed by atoms with van der Waals surface area (Å²) in [6.07, 6.45) is 1.02. The number of nitro benzene ring substituents is 1. The summed E-state index contributed by atoms with van der Waals surface area (Å²) in [6, 6.07) is 6.85. The van der Waals surface area contributed by atoms with E-state index >= 15 is 0 Å². The SMILES string of the molecule is CC1OCCC12CN(Cc1cccc([N+](=O)[O-])c1)CCO2. The van der Waals surface area contributed by atoms with Crippen molar-refractivity contribution in [2.75, 3.05) is 26.3 Å². The molecule has 2 saturated heterocycles. The van der Waals surface area contributed by atoms with Crippen LogP contribution in [0, 0.1) is 10.1 Å². The van der Waals surface area contributed by atoms with Crippen molar-refractivity contribution in [3.05, 3.63) is 39.9 Å². The summed E-state index contributed by atoms with van der Waals surface area (Å²) in [5, 5.41) is 10.8. The zero-order chi connectivity index (χ0) is 14.9. The first kappa shape index (κ1) is 14.4. The summed E-state index contributed by atoms with van der Waals surface area (Å²) in [5.41, 5.74) is 0.903. The number of morpholine rings is 1. The number of ether oxygens (including phenoxy) is 2. The van der Waals surface area contributed by atoms with Crippen LogP contribution in [0.2, 0.25) is 0 Å². The second-order valence-electron chi connectivity index (χ2n) is 5.81. The Morgan fingerprint density at radius 2 is 2.33 bits per heavy atom. The number of non-ortho nitro benzene ring substituents is 1. The van der Waals surface area contributed by atoms with Crippen LogP contribution in [-0.4, -0.2) is 47.8 Å². The van der Waals surface area contributed by atoms with E-state index in [1.165, 1.54) is 6.07 Å². The standard InChI is InChI=1S/C15H20N2O4/c1-12-15(5-7-20-12)11-16(6-8-21-15)10-13-3-2-4-14(9-13)17(18)19/h2-4,9,12H,5-8,10-11H2,1H3. The molecule has 0 radical (unpaired) electrons. The quantitative estimate of drug-likeness (QED) is 0.629. The van der Waals surface area contributed by atoms with Gasteiger partial charge in [-0.1, -0.05) is 12.1 Å². The number of hydrogen-bond acceptors (Lipinski definition) is 5. The average molecular weight is 292 g/mol. The van der Waals surface area contributed by atoms with E-state index in [9.17, 15) is 10.1 Å². The lowest BCUT2D eigenvalue weighted by Crippen LogP contribution is -2.55. The highest BCUT2D eigenvalue weighted by Crippen LogP contribution is 2.33. The molecule has 6 heteroatoms. The molecule has 2 atom stereocenters. The Labute approximate surface area is 123 Å². The van der Waals surface area contributed by atoms with Crippen LogP contribution in [0.1, 0.15) is 18.9 Å². The predicted octanol–water partition coefficient (Wildman–Crippen LogP) is 1.97. The molecule has 0 aliphatic carbocycles. The van der Waals surface area contributed by atoms with E-state index in [1.54, 1.807) is 12.1 Å². The first-order valence-corrected chi connectivity index (χ1v) is 7.30. The fourth-order valence-corrected chi connectivity index (χ4v) is 3.20.